The zero-order valence-corrected chi connectivity index (χ0v) is 17.6. The molecular weight excluding hydrogens is 406 g/mol. The molecule has 0 radical (unpaired) electrons. The van der Waals surface area contributed by atoms with Crippen molar-refractivity contribution in [2.45, 2.75) is 18.8 Å². The smallest absolute Gasteiger partial charge is 0.261 e. The summed E-state index contributed by atoms with van der Waals surface area (Å²) in [6.45, 7) is 1.17. The Labute approximate surface area is 179 Å². The summed E-state index contributed by atoms with van der Waals surface area (Å²) >= 11 is 5.94. The number of likely N-dealkylation sites (tertiary alicyclic amines) is 1. The molecule has 1 aliphatic heterocycles. The lowest BCUT2D eigenvalue weighted by Gasteiger charge is -2.31. The lowest BCUT2D eigenvalue weighted by atomic mass is 9.96. The van der Waals surface area contributed by atoms with E-state index in [9.17, 15) is 4.79 Å². The van der Waals surface area contributed by atoms with E-state index in [0.717, 1.165) is 18.4 Å². The highest BCUT2D eigenvalue weighted by atomic mass is 35.5. The third-order valence-electron chi connectivity index (χ3n) is 5.32. The van der Waals surface area contributed by atoms with E-state index >= 15 is 0 Å². The number of methoxy groups -OCH3 is 2. The Balaban J connectivity index is 1.45. The van der Waals surface area contributed by atoms with Crippen molar-refractivity contribution in [3.05, 3.63) is 58.9 Å². The third kappa shape index (κ3) is 3.98. The molecule has 8 heteroatoms. The van der Waals surface area contributed by atoms with Crippen LogP contribution in [0.1, 0.15) is 35.0 Å². The number of piperidine rings is 1. The van der Waals surface area contributed by atoms with Gasteiger partial charge in [0.2, 0.25) is 11.7 Å². The number of nitrogens with zero attached hydrogens (tertiary/aromatic N) is 3. The van der Waals surface area contributed by atoms with Crippen molar-refractivity contribution >= 4 is 17.5 Å². The topological polar surface area (TPSA) is 77.7 Å². The van der Waals surface area contributed by atoms with Crippen LogP contribution in [0.25, 0.3) is 11.4 Å². The Hall–Kier alpha value is -3.06. The first-order chi connectivity index (χ1) is 14.6. The maximum atomic E-state index is 13.1. The molecule has 0 atom stereocenters. The molecule has 2 aromatic carbocycles. The van der Waals surface area contributed by atoms with Crippen LogP contribution in [0.15, 0.2) is 47.0 Å². The summed E-state index contributed by atoms with van der Waals surface area (Å²) in [4.78, 5) is 19.5. The lowest BCUT2D eigenvalue weighted by molar-refractivity contribution is 0.0697. The Morgan fingerprint density at radius 1 is 1.07 bits per heavy atom. The van der Waals surface area contributed by atoms with E-state index in [4.69, 9.17) is 25.6 Å². The molecular formula is C22H22ClN3O4. The second kappa shape index (κ2) is 8.75. The van der Waals surface area contributed by atoms with Gasteiger partial charge >= 0.3 is 0 Å². The molecule has 2 heterocycles. The molecule has 0 spiro atoms. The standard InChI is InChI=1S/C22H22ClN3O4/c1-28-17-4-3-5-18(29-2)19(17)22(27)26-12-10-15(11-13-26)21-24-20(25-30-21)14-6-8-16(23)9-7-14/h3-9,15H,10-13H2,1-2H3. The van der Waals surface area contributed by atoms with E-state index in [2.05, 4.69) is 10.1 Å². The summed E-state index contributed by atoms with van der Waals surface area (Å²) in [6.07, 6.45) is 1.48. The zero-order chi connectivity index (χ0) is 21.1. The average Bonchev–Trinajstić information content (AvgIpc) is 3.29. The molecule has 7 nitrogen and oxygen atoms in total. The van der Waals surface area contributed by atoms with E-state index in [1.54, 1.807) is 44.6 Å². The fourth-order valence-corrected chi connectivity index (χ4v) is 3.79. The van der Waals surface area contributed by atoms with Crippen LogP contribution in [0.5, 0.6) is 11.5 Å². The van der Waals surface area contributed by atoms with Gasteiger partial charge in [-0.2, -0.15) is 4.98 Å². The highest BCUT2D eigenvalue weighted by molar-refractivity contribution is 6.30. The molecule has 1 aliphatic rings. The van der Waals surface area contributed by atoms with Crippen molar-refractivity contribution in [2.75, 3.05) is 27.3 Å². The van der Waals surface area contributed by atoms with Gasteiger partial charge in [0.1, 0.15) is 17.1 Å². The van der Waals surface area contributed by atoms with Gasteiger partial charge in [0.05, 0.1) is 14.2 Å². The van der Waals surface area contributed by atoms with Crippen molar-refractivity contribution in [3.8, 4) is 22.9 Å². The van der Waals surface area contributed by atoms with Gasteiger partial charge in [-0.05, 0) is 49.2 Å². The fourth-order valence-electron chi connectivity index (χ4n) is 3.67. The molecule has 156 valence electrons. The highest BCUT2D eigenvalue weighted by Gasteiger charge is 2.30. The van der Waals surface area contributed by atoms with Crippen molar-refractivity contribution in [2.24, 2.45) is 0 Å². The number of hydrogen-bond acceptors (Lipinski definition) is 6. The normalized spacial score (nSPS) is 14.6. The molecule has 0 bridgehead atoms. The molecule has 0 saturated carbocycles. The first-order valence-corrected chi connectivity index (χ1v) is 10.1. The van der Waals surface area contributed by atoms with Crippen LogP contribution in [0.2, 0.25) is 5.02 Å². The first kappa shape index (κ1) is 20.2. The van der Waals surface area contributed by atoms with Crippen molar-refractivity contribution in [3.63, 3.8) is 0 Å². The largest absolute Gasteiger partial charge is 0.496 e. The monoisotopic (exact) mass is 427 g/mol. The minimum atomic E-state index is -0.102. The van der Waals surface area contributed by atoms with Crippen LogP contribution in [0, 0.1) is 0 Å². The van der Waals surface area contributed by atoms with Crippen LogP contribution >= 0.6 is 11.6 Å². The minimum Gasteiger partial charge on any atom is -0.496 e. The van der Waals surface area contributed by atoms with Gasteiger partial charge in [0, 0.05) is 29.6 Å². The number of benzene rings is 2. The second-order valence-corrected chi connectivity index (χ2v) is 7.50. The Morgan fingerprint density at radius 2 is 1.70 bits per heavy atom. The predicted octanol–water partition coefficient (Wildman–Crippen LogP) is 4.43. The number of ether oxygens (including phenoxy) is 2. The Bertz CT molecular complexity index is 1000. The number of amides is 1. The molecule has 1 aromatic heterocycles. The number of aromatic nitrogens is 2. The molecule has 3 aromatic rings. The third-order valence-corrected chi connectivity index (χ3v) is 5.57. The van der Waals surface area contributed by atoms with Gasteiger partial charge in [-0.25, -0.2) is 0 Å². The van der Waals surface area contributed by atoms with Gasteiger partial charge in [-0.1, -0.05) is 22.8 Å². The number of hydrogen-bond donors (Lipinski definition) is 0. The number of carbonyl (C=O) groups excluding carboxylic acids is 1. The highest BCUT2D eigenvalue weighted by Crippen LogP contribution is 2.33. The molecule has 0 unspecified atom stereocenters. The van der Waals surface area contributed by atoms with Gasteiger partial charge < -0.3 is 18.9 Å². The summed E-state index contributed by atoms with van der Waals surface area (Å²) in [7, 11) is 3.09. The van der Waals surface area contributed by atoms with Crippen LogP contribution in [-0.4, -0.2) is 48.3 Å². The predicted molar refractivity (Wildman–Crippen MR) is 112 cm³/mol. The molecule has 4 rings (SSSR count). The van der Waals surface area contributed by atoms with E-state index < -0.39 is 0 Å². The molecule has 0 aliphatic carbocycles. The average molecular weight is 428 g/mol. The maximum Gasteiger partial charge on any atom is 0.261 e. The Morgan fingerprint density at radius 3 is 2.30 bits per heavy atom. The van der Waals surface area contributed by atoms with Gasteiger partial charge in [-0.3, -0.25) is 4.79 Å². The van der Waals surface area contributed by atoms with E-state index in [-0.39, 0.29) is 11.8 Å². The Kier molecular flexibility index (Phi) is 5.90. The lowest BCUT2D eigenvalue weighted by Crippen LogP contribution is -2.38. The van der Waals surface area contributed by atoms with Gasteiger partial charge in [0.15, 0.2) is 0 Å². The van der Waals surface area contributed by atoms with Crippen molar-refractivity contribution in [1.82, 2.24) is 15.0 Å². The number of halogens is 1. The molecule has 30 heavy (non-hydrogen) atoms. The summed E-state index contributed by atoms with van der Waals surface area (Å²) in [5, 5.41) is 4.75. The minimum absolute atomic E-state index is 0.102. The summed E-state index contributed by atoms with van der Waals surface area (Å²) in [6, 6.07) is 12.6. The molecule has 1 saturated heterocycles. The second-order valence-electron chi connectivity index (χ2n) is 7.07. The quantitative estimate of drug-likeness (QED) is 0.599. The summed E-state index contributed by atoms with van der Waals surface area (Å²) in [5.74, 6) is 2.16. The van der Waals surface area contributed by atoms with E-state index in [0.29, 0.717) is 46.9 Å². The molecule has 1 amide bonds. The number of carbonyl (C=O) groups is 1. The fraction of sp³-hybridized carbons (Fsp3) is 0.318. The van der Waals surface area contributed by atoms with E-state index in [1.807, 2.05) is 17.0 Å². The van der Waals surface area contributed by atoms with Crippen LogP contribution in [-0.2, 0) is 0 Å². The van der Waals surface area contributed by atoms with Gasteiger partial charge in [0.25, 0.3) is 5.91 Å². The zero-order valence-electron chi connectivity index (χ0n) is 16.8. The summed E-state index contributed by atoms with van der Waals surface area (Å²) < 4.78 is 16.3. The van der Waals surface area contributed by atoms with E-state index in [1.165, 1.54) is 0 Å². The molecule has 0 N–H and O–H groups in total. The van der Waals surface area contributed by atoms with Crippen molar-refractivity contribution < 1.29 is 18.8 Å². The van der Waals surface area contributed by atoms with Crippen LogP contribution < -0.4 is 9.47 Å². The first-order valence-electron chi connectivity index (χ1n) is 9.70. The van der Waals surface area contributed by atoms with Gasteiger partial charge in [-0.15, -0.1) is 0 Å². The summed E-state index contributed by atoms with van der Waals surface area (Å²) in [5.41, 5.74) is 1.30. The SMILES string of the molecule is COc1cccc(OC)c1C(=O)N1CCC(c2nc(-c3ccc(Cl)cc3)no2)CC1. The van der Waals surface area contributed by atoms with Crippen LogP contribution in [0.3, 0.4) is 0 Å². The molecule has 1 fully saturated rings. The number of rotatable bonds is 5. The maximum absolute atomic E-state index is 13.1. The van der Waals surface area contributed by atoms with Crippen molar-refractivity contribution in [1.29, 1.82) is 0 Å². The van der Waals surface area contributed by atoms with Crippen LogP contribution in [0.4, 0.5) is 0 Å².